The SMILES string of the molecule is O=C(C[CH]Cc1cccs1)N1CCCC1c1ncc(-c2ccc(-c3ccc(-c4cnc([C@@H]5CCCN5C(=O)C[CH]Cc5cccs5)[nH]4)cc3)cc2)[nH]1. The highest BCUT2D eigenvalue weighted by Crippen LogP contribution is 2.35. The highest BCUT2D eigenvalue weighted by atomic mass is 32.1. The van der Waals surface area contributed by atoms with E-state index < -0.39 is 0 Å². The van der Waals surface area contributed by atoms with Gasteiger partial charge in [0.15, 0.2) is 0 Å². The first kappa shape index (κ1) is 34.3. The van der Waals surface area contributed by atoms with Gasteiger partial charge in [0.1, 0.15) is 11.6 Å². The second kappa shape index (κ2) is 15.8. The molecule has 8 nitrogen and oxygen atoms in total. The van der Waals surface area contributed by atoms with E-state index in [9.17, 15) is 9.59 Å². The van der Waals surface area contributed by atoms with Gasteiger partial charge in [0.2, 0.25) is 11.8 Å². The third-order valence-corrected chi connectivity index (χ3v) is 12.0. The van der Waals surface area contributed by atoms with Crippen LogP contribution in [0.2, 0.25) is 0 Å². The Hall–Kier alpha value is -4.80. The molecule has 2 N–H and O–H groups in total. The number of hydrogen-bond acceptors (Lipinski definition) is 6. The van der Waals surface area contributed by atoms with Crippen molar-refractivity contribution in [2.75, 3.05) is 13.1 Å². The number of aromatic amines is 2. The molecule has 0 spiro atoms. The molecule has 10 heteroatoms. The molecule has 2 atom stereocenters. The Labute approximate surface area is 313 Å². The van der Waals surface area contributed by atoms with Crippen molar-refractivity contribution in [3.63, 3.8) is 0 Å². The van der Waals surface area contributed by atoms with E-state index >= 15 is 0 Å². The van der Waals surface area contributed by atoms with Gasteiger partial charge < -0.3 is 19.8 Å². The van der Waals surface area contributed by atoms with E-state index in [4.69, 9.17) is 9.97 Å². The van der Waals surface area contributed by atoms with Crippen molar-refractivity contribution in [3.05, 3.63) is 130 Å². The highest BCUT2D eigenvalue weighted by molar-refractivity contribution is 7.10. The van der Waals surface area contributed by atoms with Gasteiger partial charge >= 0.3 is 0 Å². The van der Waals surface area contributed by atoms with E-state index in [-0.39, 0.29) is 23.9 Å². The second-order valence-electron chi connectivity index (χ2n) is 13.6. The van der Waals surface area contributed by atoms with Gasteiger partial charge in [-0.25, -0.2) is 9.97 Å². The number of nitrogens with zero attached hydrogens (tertiary/aromatic N) is 4. The average molecular weight is 727 g/mol. The van der Waals surface area contributed by atoms with Crippen LogP contribution in [-0.2, 0) is 22.4 Å². The number of hydrogen-bond donors (Lipinski definition) is 2. The number of amides is 2. The predicted octanol–water partition coefficient (Wildman–Crippen LogP) is 9.26. The molecule has 2 radical (unpaired) electrons. The van der Waals surface area contributed by atoms with Crippen molar-refractivity contribution in [2.24, 2.45) is 0 Å². The fourth-order valence-corrected chi connectivity index (χ4v) is 8.86. The summed E-state index contributed by atoms with van der Waals surface area (Å²) in [6.07, 6.45) is 14.3. The molecule has 2 aliphatic rings. The maximum atomic E-state index is 13.1. The third kappa shape index (κ3) is 7.68. The van der Waals surface area contributed by atoms with Crippen LogP contribution in [0, 0.1) is 12.8 Å². The number of rotatable bonds is 13. The molecule has 4 aromatic heterocycles. The van der Waals surface area contributed by atoms with Gasteiger partial charge in [-0.1, -0.05) is 60.7 Å². The lowest BCUT2D eigenvalue weighted by molar-refractivity contribution is -0.132. The van der Waals surface area contributed by atoms with E-state index in [1.807, 2.05) is 34.3 Å². The number of thiophene rings is 2. The Bertz CT molecular complexity index is 1910. The van der Waals surface area contributed by atoms with Crippen LogP contribution in [0.25, 0.3) is 33.6 Å². The lowest BCUT2D eigenvalue weighted by Gasteiger charge is -2.23. The van der Waals surface area contributed by atoms with Crippen LogP contribution in [-0.4, -0.2) is 54.6 Å². The van der Waals surface area contributed by atoms with Gasteiger partial charge in [-0.05, 0) is 96.5 Å². The van der Waals surface area contributed by atoms with Gasteiger partial charge in [0.25, 0.3) is 0 Å². The molecule has 0 aliphatic carbocycles. The second-order valence-corrected chi connectivity index (χ2v) is 15.6. The Morgan fingerprint density at radius 2 is 1.06 bits per heavy atom. The van der Waals surface area contributed by atoms with E-state index in [1.54, 1.807) is 22.7 Å². The molecule has 1 unspecified atom stereocenters. The van der Waals surface area contributed by atoms with Crippen molar-refractivity contribution in [2.45, 2.75) is 63.5 Å². The molecule has 2 fully saturated rings. The zero-order valence-corrected chi connectivity index (χ0v) is 30.7. The molecule has 2 aromatic carbocycles. The normalized spacial score (nSPS) is 17.3. The van der Waals surface area contributed by atoms with E-state index in [0.29, 0.717) is 12.8 Å². The Morgan fingerprint density at radius 1 is 0.635 bits per heavy atom. The van der Waals surface area contributed by atoms with Crippen molar-refractivity contribution in [1.29, 1.82) is 0 Å². The smallest absolute Gasteiger partial charge is 0.223 e. The molecular formula is C42H42N6O2S2. The molecule has 0 saturated carbocycles. The Kier molecular flexibility index (Phi) is 10.4. The molecular weight excluding hydrogens is 685 g/mol. The summed E-state index contributed by atoms with van der Waals surface area (Å²) in [7, 11) is 0. The fourth-order valence-electron chi connectivity index (χ4n) is 7.46. The monoisotopic (exact) mass is 726 g/mol. The summed E-state index contributed by atoms with van der Waals surface area (Å²) >= 11 is 3.45. The van der Waals surface area contributed by atoms with Crippen LogP contribution < -0.4 is 0 Å². The summed E-state index contributed by atoms with van der Waals surface area (Å²) in [5, 5.41) is 4.15. The van der Waals surface area contributed by atoms with E-state index in [1.165, 1.54) is 9.75 Å². The lowest BCUT2D eigenvalue weighted by atomic mass is 10.0. The topological polar surface area (TPSA) is 98.0 Å². The molecule has 8 rings (SSSR count). The summed E-state index contributed by atoms with van der Waals surface area (Å²) in [6.45, 7) is 1.55. The zero-order valence-electron chi connectivity index (χ0n) is 29.0. The minimum atomic E-state index is -0.00924. The van der Waals surface area contributed by atoms with Crippen molar-refractivity contribution < 1.29 is 9.59 Å². The van der Waals surface area contributed by atoms with Gasteiger partial charge in [0.05, 0.1) is 35.9 Å². The number of carbonyl (C=O) groups excluding carboxylic acids is 2. The molecule has 6 aromatic rings. The number of aromatic nitrogens is 4. The molecule has 2 aliphatic heterocycles. The number of imidazole rings is 2. The molecule has 52 heavy (non-hydrogen) atoms. The lowest BCUT2D eigenvalue weighted by Crippen LogP contribution is -2.31. The summed E-state index contributed by atoms with van der Waals surface area (Å²) in [5.74, 6) is 2.05. The van der Waals surface area contributed by atoms with Crippen LogP contribution in [0.5, 0.6) is 0 Å². The first-order chi connectivity index (χ1) is 25.6. The number of H-pyrrole nitrogens is 2. The quantitative estimate of drug-likeness (QED) is 0.124. The first-order valence-electron chi connectivity index (χ1n) is 18.2. The largest absolute Gasteiger partial charge is 0.340 e. The van der Waals surface area contributed by atoms with Crippen molar-refractivity contribution in [3.8, 4) is 33.6 Å². The number of nitrogens with one attached hydrogen (secondary N) is 2. The molecule has 2 amide bonds. The standard InChI is InChI=1S/C42H42N6O2S2/c49-39(13-1-7-33-9-5-25-51-33)47-23-3-11-37(47)41-43-27-35(45-41)31-19-15-29(16-20-31)30-17-21-32(22-18-30)36-28-44-42(46-36)38-12-4-24-48(38)40(50)14-2-8-34-10-6-26-52-34/h1-2,5-6,9-10,15-22,25-28,37-38H,3-4,7-8,11-14,23-24H2,(H,43,45)(H,44,46)/t37-,38?/m0/s1. The Balaban J connectivity index is 0.867. The maximum absolute atomic E-state index is 13.1. The number of benzene rings is 2. The van der Waals surface area contributed by atoms with Crippen molar-refractivity contribution in [1.82, 2.24) is 29.7 Å². The summed E-state index contributed by atoms with van der Waals surface area (Å²) in [6, 6.07) is 25.3. The number of likely N-dealkylation sites (tertiary alicyclic amines) is 2. The maximum Gasteiger partial charge on any atom is 0.223 e. The van der Waals surface area contributed by atoms with Gasteiger partial charge in [-0.3, -0.25) is 9.59 Å². The first-order valence-corrected chi connectivity index (χ1v) is 19.9. The van der Waals surface area contributed by atoms with E-state index in [2.05, 4.69) is 94.2 Å². The van der Waals surface area contributed by atoms with E-state index in [0.717, 1.165) is 96.9 Å². The van der Waals surface area contributed by atoms with Crippen molar-refractivity contribution >= 4 is 34.5 Å². The summed E-state index contributed by atoms with van der Waals surface area (Å²) in [5.41, 5.74) is 6.28. The van der Waals surface area contributed by atoms with Gasteiger partial charge in [-0.2, -0.15) is 0 Å². The molecule has 6 heterocycles. The average Bonchev–Trinajstić information content (AvgIpc) is 4.03. The minimum Gasteiger partial charge on any atom is -0.340 e. The fraction of sp³-hybridized carbons (Fsp3) is 0.286. The summed E-state index contributed by atoms with van der Waals surface area (Å²) in [4.78, 5) is 49.2. The predicted molar refractivity (Wildman–Crippen MR) is 208 cm³/mol. The third-order valence-electron chi connectivity index (χ3n) is 10.2. The highest BCUT2D eigenvalue weighted by Gasteiger charge is 2.33. The van der Waals surface area contributed by atoms with Gasteiger partial charge in [0, 0.05) is 35.7 Å². The minimum absolute atomic E-state index is 0.00924. The van der Waals surface area contributed by atoms with Crippen LogP contribution in [0.3, 0.4) is 0 Å². The van der Waals surface area contributed by atoms with Crippen LogP contribution in [0.15, 0.2) is 96.0 Å². The molecule has 2 saturated heterocycles. The van der Waals surface area contributed by atoms with Crippen LogP contribution in [0.4, 0.5) is 0 Å². The van der Waals surface area contributed by atoms with Crippen LogP contribution in [0.1, 0.15) is 72.0 Å². The Morgan fingerprint density at radius 3 is 1.46 bits per heavy atom. The van der Waals surface area contributed by atoms with Crippen LogP contribution >= 0.6 is 22.7 Å². The van der Waals surface area contributed by atoms with Gasteiger partial charge in [-0.15, -0.1) is 22.7 Å². The molecule has 264 valence electrons. The number of carbonyl (C=O) groups is 2. The molecule has 0 bridgehead atoms. The zero-order chi connectivity index (χ0) is 35.3. The summed E-state index contributed by atoms with van der Waals surface area (Å²) < 4.78 is 0.